The number of fused-ring (bicyclic) bond motifs is 1. The molecule has 0 aliphatic carbocycles. The molecule has 5 nitrogen and oxygen atoms in total. The van der Waals surface area contributed by atoms with Crippen molar-refractivity contribution in [1.29, 1.82) is 0 Å². The monoisotopic (exact) mass is 216 g/mol. The molecule has 0 bridgehead atoms. The van der Waals surface area contributed by atoms with Crippen molar-refractivity contribution in [2.24, 2.45) is 5.73 Å². The normalized spacial score (nSPS) is 10.2. The SMILES string of the molecule is NC(=O)CCNc1ncnc2ccccc12. The highest BCUT2D eigenvalue weighted by Crippen LogP contribution is 2.17. The van der Waals surface area contributed by atoms with Gasteiger partial charge >= 0.3 is 0 Å². The molecule has 5 heteroatoms. The first-order valence-electron chi connectivity index (χ1n) is 4.99. The van der Waals surface area contributed by atoms with E-state index in [2.05, 4.69) is 15.3 Å². The maximum atomic E-state index is 10.6. The summed E-state index contributed by atoms with van der Waals surface area (Å²) in [6.45, 7) is 0.482. The largest absolute Gasteiger partial charge is 0.370 e. The smallest absolute Gasteiger partial charge is 0.219 e. The third-order valence-corrected chi connectivity index (χ3v) is 2.21. The lowest BCUT2D eigenvalue weighted by molar-refractivity contribution is -0.117. The summed E-state index contributed by atoms with van der Waals surface area (Å²) in [5, 5.41) is 4.01. The van der Waals surface area contributed by atoms with E-state index in [1.807, 2.05) is 24.3 Å². The summed E-state index contributed by atoms with van der Waals surface area (Å²) >= 11 is 0. The molecule has 1 aromatic carbocycles. The Morgan fingerprint density at radius 3 is 2.94 bits per heavy atom. The predicted octanol–water partition coefficient (Wildman–Crippen LogP) is 0.917. The summed E-state index contributed by atoms with van der Waals surface area (Å²) in [5.74, 6) is 0.401. The third-order valence-electron chi connectivity index (χ3n) is 2.21. The van der Waals surface area contributed by atoms with E-state index in [0.29, 0.717) is 13.0 Å². The number of nitrogens with zero attached hydrogens (tertiary/aromatic N) is 2. The molecule has 2 aromatic rings. The first-order chi connectivity index (χ1) is 7.77. The Labute approximate surface area is 92.7 Å². The van der Waals surface area contributed by atoms with Crippen LogP contribution in [-0.4, -0.2) is 22.4 Å². The summed E-state index contributed by atoms with van der Waals surface area (Å²) in [6.07, 6.45) is 1.78. The highest BCUT2D eigenvalue weighted by atomic mass is 16.1. The first-order valence-corrected chi connectivity index (χ1v) is 4.99. The second-order valence-corrected chi connectivity index (χ2v) is 3.38. The van der Waals surface area contributed by atoms with E-state index < -0.39 is 0 Å². The second-order valence-electron chi connectivity index (χ2n) is 3.38. The molecule has 0 unspecified atom stereocenters. The Morgan fingerprint density at radius 2 is 2.12 bits per heavy atom. The van der Waals surface area contributed by atoms with Crippen LogP contribution < -0.4 is 11.1 Å². The minimum atomic E-state index is -0.328. The molecule has 0 spiro atoms. The fraction of sp³-hybridized carbons (Fsp3) is 0.182. The number of primary amides is 1. The highest BCUT2D eigenvalue weighted by molar-refractivity contribution is 5.88. The van der Waals surface area contributed by atoms with Crippen LogP contribution in [-0.2, 0) is 4.79 Å². The van der Waals surface area contributed by atoms with E-state index in [1.54, 1.807) is 0 Å². The van der Waals surface area contributed by atoms with Crippen molar-refractivity contribution in [3.63, 3.8) is 0 Å². The lowest BCUT2D eigenvalue weighted by Gasteiger charge is -2.06. The fourth-order valence-electron chi connectivity index (χ4n) is 1.45. The number of carbonyl (C=O) groups excluding carboxylic acids is 1. The number of benzene rings is 1. The van der Waals surface area contributed by atoms with Gasteiger partial charge in [0.2, 0.25) is 5.91 Å². The summed E-state index contributed by atoms with van der Waals surface area (Å²) < 4.78 is 0. The number of carbonyl (C=O) groups is 1. The zero-order chi connectivity index (χ0) is 11.4. The highest BCUT2D eigenvalue weighted by Gasteiger charge is 2.02. The van der Waals surface area contributed by atoms with Crippen LogP contribution in [0.5, 0.6) is 0 Å². The van der Waals surface area contributed by atoms with Crippen molar-refractivity contribution in [2.75, 3.05) is 11.9 Å². The lowest BCUT2D eigenvalue weighted by Crippen LogP contribution is -2.16. The quantitative estimate of drug-likeness (QED) is 0.796. The molecule has 0 saturated heterocycles. The number of rotatable bonds is 4. The van der Waals surface area contributed by atoms with Crippen molar-refractivity contribution in [3.8, 4) is 0 Å². The topological polar surface area (TPSA) is 80.9 Å². The molecule has 82 valence electrons. The van der Waals surface area contributed by atoms with E-state index in [9.17, 15) is 4.79 Å². The molecule has 0 fully saturated rings. The van der Waals surface area contributed by atoms with Gasteiger partial charge in [0.15, 0.2) is 0 Å². The first kappa shape index (κ1) is 10.4. The molecule has 0 aliphatic heterocycles. The molecular weight excluding hydrogens is 204 g/mol. The average Bonchev–Trinajstić information content (AvgIpc) is 2.29. The van der Waals surface area contributed by atoms with Crippen LogP contribution in [0, 0.1) is 0 Å². The summed E-state index contributed by atoms with van der Waals surface area (Å²) in [6, 6.07) is 7.69. The molecule has 1 aromatic heterocycles. The van der Waals surface area contributed by atoms with Crippen LogP contribution in [0.2, 0.25) is 0 Å². The minimum Gasteiger partial charge on any atom is -0.370 e. The molecule has 1 amide bonds. The number of hydrogen-bond acceptors (Lipinski definition) is 4. The van der Waals surface area contributed by atoms with E-state index in [1.165, 1.54) is 6.33 Å². The van der Waals surface area contributed by atoms with Gasteiger partial charge in [0.05, 0.1) is 5.52 Å². The third kappa shape index (κ3) is 2.25. The molecule has 0 saturated carbocycles. The maximum absolute atomic E-state index is 10.6. The number of para-hydroxylation sites is 1. The standard InChI is InChI=1S/C11H12N4O/c12-10(16)5-6-13-11-8-3-1-2-4-9(8)14-7-15-11/h1-4,7H,5-6H2,(H2,12,16)(H,13,14,15). The van der Waals surface area contributed by atoms with Crippen molar-refractivity contribution < 1.29 is 4.79 Å². The molecule has 0 atom stereocenters. The number of nitrogens with two attached hydrogens (primary N) is 1. The predicted molar refractivity (Wildman–Crippen MR) is 61.8 cm³/mol. The Morgan fingerprint density at radius 1 is 1.31 bits per heavy atom. The number of hydrogen-bond donors (Lipinski definition) is 2. The summed E-state index contributed by atoms with van der Waals surface area (Å²) in [5.41, 5.74) is 5.93. The summed E-state index contributed by atoms with van der Waals surface area (Å²) in [4.78, 5) is 18.9. The van der Waals surface area contributed by atoms with Crippen molar-refractivity contribution in [1.82, 2.24) is 9.97 Å². The Hall–Kier alpha value is -2.17. The van der Waals surface area contributed by atoms with E-state index in [0.717, 1.165) is 16.7 Å². The molecule has 0 aliphatic rings. The average molecular weight is 216 g/mol. The van der Waals surface area contributed by atoms with Gasteiger partial charge in [-0.1, -0.05) is 12.1 Å². The number of nitrogens with one attached hydrogen (secondary N) is 1. The Kier molecular flexibility index (Phi) is 2.95. The zero-order valence-corrected chi connectivity index (χ0v) is 8.68. The van der Waals surface area contributed by atoms with Gasteiger partial charge in [-0.3, -0.25) is 4.79 Å². The molecule has 16 heavy (non-hydrogen) atoms. The maximum Gasteiger partial charge on any atom is 0.219 e. The van der Waals surface area contributed by atoms with Crippen molar-refractivity contribution in [3.05, 3.63) is 30.6 Å². The number of amides is 1. The van der Waals surface area contributed by atoms with Gasteiger partial charge in [-0.25, -0.2) is 9.97 Å². The van der Waals surface area contributed by atoms with E-state index in [4.69, 9.17) is 5.73 Å². The number of aromatic nitrogens is 2. The zero-order valence-electron chi connectivity index (χ0n) is 8.68. The van der Waals surface area contributed by atoms with Crippen LogP contribution in [0.1, 0.15) is 6.42 Å². The lowest BCUT2D eigenvalue weighted by atomic mass is 10.2. The molecule has 0 radical (unpaired) electrons. The Balaban J connectivity index is 2.20. The second kappa shape index (κ2) is 4.57. The van der Waals surface area contributed by atoms with Crippen LogP contribution in [0.15, 0.2) is 30.6 Å². The van der Waals surface area contributed by atoms with Gasteiger partial charge in [-0.05, 0) is 12.1 Å². The van der Waals surface area contributed by atoms with Gasteiger partial charge in [0.25, 0.3) is 0 Å². The number of anilines is 1. The van der Waals surface area contributed by atoms with E-state index >= 15 is 0 Å². The molecule has 3 N–H and O–H groups in total. The van der Waals surface area contributed by atoms with Gasteiger partial charge in [0, 0.05) is 18.4 Å². The van der Waals surface area contributed by atoms with Crippen LogP contribution >= 0.6 is 0 Å². The minimum absolute atomic E-state index is 0.290. The molecular formula is C11H12N4O. The van der Waals surface area contributed by atoms with Gasteiger partial charge < -0.3 is 11.1 Å². The molecule has 2 rings (SSSR count). The van der Waals surface area contributed by atoms with Crippen molar-refractivity contribution in [2.45, 2.75) is 6.42 Å². The van der Waals surface area contributed by atoms with Crippen LogP contribution in [0.4, 0.5) is 5.82 Å². The van der Waals surface area contributed by atoms with E-state index in [-0.39, 0.29) is 5.91 Å². The van der Waals surface area contributed by atoms with Crippen molar-refractivity contribution >= 4 is 22.6 Å². The fourth-order valence-corrected chi connectivity index (χ4v) is 1.45. The Bertz CT molecular complexity index is 507. The van der Waals surface area contributed by atoms with Gasteiger partial charge in [-0.15, -0.1) is 0 Å². The van der Waals surface area contributed by atoms with Crippen LogP contribution in [0.25, 0.3) is 10.9 Å². The van der Waals surface area contributed by atoms with Crippen LogP contribution in [0.3, 0.4) is 0 Å². The molecule has 1 heterocycles. The summed E-state index contributed by atoms with van der Waals surface area (Å²) in [7, 11) is 0. The van der Waals surface area contributed by atoms with Gasteiger partial charge in [-0.2, -0.15) is 0 Å². The van der Waals surface area contributed by atoms with Gasteiger partial charge in [0.1, 0.15) is 12.1 Å².